The van der Waals surface area contributed by atoms with Crippen LogP contribution in [0.1, 0.15) is 32.1 Å². The molecule has 0 aromatic heterocycles. The SMILES string of the molecule is C=CCCC[C@H](NC(=O)[C@H]1CCCO1)C(N)=O. The highest BCUT2D eigenvalue weighted by Gasteiger charge is 2.26. The maximum Gasteiger partial charge on any atom is 0.249 e. The molecule has 0 saturated carbocycles. The molecule has 1 heterocycles. The molecule has 1 aliphatic rings. The van der Waals surface area contributed by atoms with Crippen LogP contribution in [0.5, 0.6) is 0 Å². The molecule has 1 aliphatic heterocycles. The van der Waals surface area contributed by atoms with Crippen LogP contribution in [-0.4, -0.2) is 30.6 Å². The molecular formula is C12H20N2O3. The van der Waals surface area contributed by atoms with Crippen LogP contribution in [0.3, 0.4) is 0 Å². The largest absolute Gasteiger partial charge is 0.368 e. The van der Waals surface area contributed by atoms with E-state index in [9.17, 15) is 9.59 Å². The number of hydrogen-bond acceptors (Lipinski definition) is 3. The quantitative estimate of drug-likeness (QED) is 0.502. The van der Waals surface area contributed by atoms with E-state index >= 15 is 0 Å². The van der Waals surface area contributed by atoms with Gasteiger partial charge in [0.1, 0.15) is 12.1 Å². The van der Waals surface area contributed by atoms with Crippen LogP contribution >= 0.6 is 0 Å². The summed E-state index contributed by atoms with van der Waals surface area (Å²) in [5.41, 5.74) is 5.25. The number of primary amides is 1. The number of nitrogens with one attached hydrogen (secondary N) is 1. The third-order valence-corrected chi connectivity index (χ3v) is 2.78. The smallest absolute Gasteiger partial charge is 0.249 e. The van der Waals surface area contributed by atoms with E-state index in [1.165, 1.54) is 0 Å². The zero-order chi connectivity index (χ0) is 12.7. The molecule has 0 aromatic rings. The van der Waals surface area contributed by atoms with E-state index < -0.39 is 18.1 Å². The van der Waals surface area contributed by atoms with E-state index in [1.807, 2.05) is 0 Å². The molecule has 1 saturated heterocycles. The molecule has 0 bridgehead atoms. The first kappa shape index (κ1) is 13.7. The summed E-state index contributed by atoms with van der Waals surface area (Å²) in [6.45, 7) is 4.21. The molecule has 0 unspecified atom stereocenters. The minimum absolute atomic E-state index is 0.232. The van der Waals surface area contributed by atoms with E-state index in [2.05, 4.69) is 11.9 Å². The summed E-state index contributed by atoms with van der Waals surface area (Å²) in [5.74, 6) is -0.731. The van der Waals surface area contributed by atoms with Crippen molar-refractivity contribution in [2.75, 3.05) is 6.61 Å². The number of nitrogens with two attached hydrogens (primary N) is 1. The number of amides is 2. The van der Waals surface area contributed by atoms with Gasteiger partial charge in [-0.3, -0.25) is 9.59 Å². The van der Waals surface area contributed by atoms with Crippen LogP contribution in [0.4, 0.5) is 0 Å². The maximum atomic E-state index is 11.7. The van der Waals surface area contributed by atoms with E-state index in [-0.39, 0.29) is 5.91 Å². The zero-order valence-corrected chi connectivity index (χ0v) is 9.98. The fraction of sp³-hybridized carbons (Fsp3) is 0.667. The molecule has 2 amide bonds. The second-order valence-electron chi connectivity index (χ2n) is 4.18. The number of unbranched alkanes of at least 4 members (excludes halogenated alkanes) is 1. The molecule has 0 spiro atoms. The van der Waals surface area contributed by atoms with Crippen molar-refractivity contribution >= 4 is 11.8 Å². The maximum absolute atomic E-state index is 11.7. The first-order valence-electron chi connectivity index (χ1n) is 5.97. The van der Waals surface area contributed by atoms with Gasteiger partial charge in [0.2, 0.25) is 11.8 Å². The van der Waals surface area contributed by atoms with Crippen molar-refractivity contribution in [3.63, 3.8) is 0 Å². The summed E-state index contributed by atoms with van der Waals surface area (Å²) in [5, 5.41) is 2.64. The fourth-order valence-corrected chi connectivity index (χ4v) is 1.80. The van der Waals surface area contributed by atoms with Crippen LogP contribution in [0.15, 0.2) is 12.7 Å². The average Bonchev–Trinajstić information content (AvgIpc) is 2.81. The molecule has 5 nitrogen and oxygen atoms in total. The van der Waals surface area contributed by atoms with Crippen molar-refractivity contribution in [3.05, 3.63) is 12.7 Å². The Morgan fingerprint density at radius 1 is 1.59 bits per heavy atom. The molecule has 0 radical (unpaired) electrons. The summed E-state index contributed by atoms with van der Waals surface area (Å²) < 4.78 is 5.24. The minimum Gasteiger partial charge on any atom is -0.368 e. The lowest BCUT2D eigenvalue weighted by Gasteiger charge is -2.17. The van der Waals surface area contributed by atoms with Gasteiger partial charge < -0.3 is 15.8 Å². The molecule has 3 N–H and O–H groups in total. The summed E-state index contributed by atoms with van der Waals surface area (Å²) >= 11 is 0. The van der Waals surface area contributed by atoms with Crippen LogP contribution in [-0.2, 0) is 14.3 Å². The van der Waals surface area contributed by atoms with Crippen molar-refractivity contribution in [3.8, 4) is 0 Å². The standard InChI is InChI=1S/C12H20N2O3/c1-2-3-4-6-9(11(13)15)14-12(16)10-7-5-8-17-10/h2,9-10H,1,3-8H2,(H2,13,15)(H,14,16)/t9-,10+/m0/s1. The molecular weight excluding hydrogens is 220 g/mol. The number of carbonyl (C=O) groups excluding carboxylic acids is 2. The summed E-state index contributed by atoms with van der Waals surface area (Å²) in [4.78, 5) is 22.9. The van der Waals surface area contributed by atoms with Gasteiger partial charge in [-0.1, -0.05) is 6.08 Å². The second kappa shape index (κ2) is 7.06. The van der Waals surface area contributed by atoms with Crippen molar-refractivity contribution in [1.82, 2.24) is 5.32 Å². The Kier molecular flexibility index (Phi) is 5.69. The Balaban J connectivity index is 2.39. The van der Waals surface area contributed by atoms with Crippen molar-refractivity contribution in [2.24, 2.45) is 5.73 Å². The number of hydrogen-bond donors (Lipinski definition) is 2. The monoisotopic (exact) mass is 240 g/mol. The van der Waals surface area contributed by atoms with Crippen LogP contribution in [0.25, 0.3) is 0 Å². The summed E-state index contributed by atoms with van der Waals surface area (Å²) in [7, 11) is 0. The molecule has 96 valence electrons. The first-order valence-corrected chi connectivity index (χ1v) is 5.97. The van der Waals surface area contributed by atoms with Gasteiger partial charge in [-0.25, -0.2) is 0 Å². The normalized spacial score (nSPS) is 20.8. The van der Waals surface area contributed by atoms with Gasteiger partial charge in [0.05, 0.1) is 0 Å². The van der Waals surface area contributed by atoms with Gasteiger partial charge in [-0.15, -0.1) is 6.58 Å². The van der Waals surface area contributed by atoms with Crippen LogP contribution in [0.2, 0.25) is 0 Å². The predicted octanol–water partition coefficient (Wildman–Crippen LogP) is 0.492. The predicted molar refractivity (Wildman–Crippen MR) is 64.1 cm³/mol. The van der Waals surface area contributed by atoms with Gasteiger partial charge in [-0.2, -0.15) is 0 Å². The van der Waals surface area contributed by atoms with E-state index in [0.717, 1.165) is 19.3 Å². The molecule has 1 fully saturated rings. The molecule has 17 heavy (non-hydrogen) atoms. The Morgan fingerprint density at radius 3 is 2.88 bits per heavy atom. The lowest BCUT2D eigenvalue weighted by Crippen LogP contribution is -2.47. The zero-order valence-electron chi connectivity index (χ0n) is 9.98. The highest BCUT2D eigenvalue weighted by Crippen LogP contribution is 2.12. The van der Waals surface area contributed by atoms with Gasteiger partial charge in [-0.05, 0) is 32.1 Å². The average molecular weight is 240 g/mol. The Bertz CT molecular complexity index is 285. The van der Waals surface area contributed by atoms with Crippen molar-refractivity contribution in [1.29, 1.82) is 0 Å². The Hall–Kier alpha value is -1.36. The van der Waals surface area contributed by atoms with Gasteiger partial charge in [0.15, 0.2) is 0 Å². The highest BCUT2D eigenvalue weighted by molar-refractivity contribution is 5.88. The lowest BCUT2D eigenvalue weighted by molar-refractivity contribution is -0.133. The lowest BCUT2D eigenvalue weighted by atomic mass is 10.1. The second-order valence-corrected chi connectivity index (χ2v) is 4.18. The third-order valence-electron chi connectivity index (χ3n) is 2.78. The van der Waals surface area contributed by atoms with Gasteiger partial charge >= 0.3 is 0 Å². The van der Waals surface area contributed by atoms with Crippen molar-refractivity contribution in [2.45, 2.75) is 44.2 Å². The number of allylic oxidation sites excluding steroid dienone is 1. The molecule has 2 atom stereocenters. The molecule has 5 heteroatoms. The van der Waals surface area contributed by atoms with E-state index in [4.69, 9.17) is 10.5 Å². The van der Waals surface area contributed by atoms with Crippen LogP contribution < -0.4 is 11.1 Å². The highest BCUT2D eigenvalue weighted by atomic mass is 16.5. The van der Waals surface area contributed by atoms with E-state index in [1.54, 1.807) is 6.08 Å². The number of rotatable bonds is 7. The third kappa shape index (κ3) is 4.56. The van der Waals surface area contributed by atoms with Gasteiger partial charge in [0.25, 0.3) is 0 Å². The molecule has 0 aliphatic carbocycles. The van der Waals surface area contributed by atoms with E-state index in [0.29, 0.717) is 19.4 Å². The van der Waals surface area contributed by atoms with Crippen molar-refractivity contribution < 1.29 is 14.3 Å². The number of ether oxygens (including phenoxy) is 1. The molecule has 1 rings (SSSR count). The summed E-state index contributed by atoms with van der Waals surface area (Å²) in [6, 6.07) is -0.605. The van der Waals surface area contributed by atoms with Crippen LogP contribution in [0, 0.1) is 0 Å². The first-order chi connectivity index (χ1) is 8.15. The molecule has 0 aromatic carbocycles. The Morgan fingerprint density at radius 2 is 2.35 bits per heavy atom. The summed E-state index contributed by atoms with van der Waals surface area (Å²) in [6.07, 6.45) is 5.08. The van der Waals surface area contributed by atoms with Gasteiger partial charge in [0, 0.05) is 6.61 Å². The fourth-order valence-electron chi connectivity index (χ4n) is 1.80. The topological polar surface area (TPSA) is 81.4 Å². The Labute approximate surface area is 101 Å². The number of carbonyl (C=O) groups is 2. The minimum atomic E-state index is -0.605.